The van der Waals surface area contributed by atoms with Crippen LogP contribution in [0.5, 0.6) is 0 Å². The van der Waals surface area contributed by atoms with Gasteiger partial charge in [0.2, 0.25) is 0 Å². The lowest BCUT2D eigenvalue weighted by Crippen LogP contribution is -2.20. The van der Waals surface area contributed by atoms with Gasteiger partial charge in [-0.1, -0.05) is 44.2 Å². The molecule has 8 heteroatoms. The molecule has 0 saturated heterocycles. The summed E-state index contributed by atoms with van der Waals surface area (Å²) in [7, 11) is -3.79. The summed E-state index contributed by atoms with van der Waals surface area (Å²) in [5, 5.41) is 4.89. The minimum Gasteiger partial charge on any atom is -0.269 e. The van der Waals surface area contributed by atoms with Crippen LogP contribution in [0.25, 0.3) is 10.2 Å². The van der Waals surface area contributed by atoms with E-state index in [1.165, 1.54) is 11.3 Å². The first-order valence-electron chi connectivity index (χ1n) is 8.47. The maximum atomic E-state index is 13.1. The Kier molecular flexibility index (Phi) is 4.60. The number of hydrogen-bond acceptors (Lipinski definition) is 5. The van der Waals surface area contributed by atoms with Gasteiger partial charge in [0, 0.05) is 17.7 Å². The van der Waals surface area contributed by atoms with Gasteiger partial charge in [-0.15, -0.1) is 0 Å². The second-order valence-corrected chi connectivity index (χ2v) is 10.4. The van der Waals surface area contributed by atoms with E-state index in [-0.39, 0.29) is 10.9 Å². The van der Waals surface area contributed by atoms with Gasteiger partial charge >= 0.3 is 0 Å². The third-order valence-corrected chi connectivity index (χ3v) is 6.47. The molecule has 0 atom stereocenters. The lowest BCUT2D eigenvalue weighted by Gasteiger charge is -2.17. The van der Waals surface area contributed by atoms with E-state index in [4.69, 9.17) is 0 Å². The number of benzene rings is 1. The third kappa shape index (κ3) is 3.48. The lowest BCUT2D eigenvalue weighted by atomic mass is 9.92. The van der Waals surface area contributed by atoms with Gasteiger partial charge in [0.1, 0.15) is 4.90 Å². The molecule has 1 N–H and O–H groups in total. The van der Waals surface area contributed by atoms with Gasteiger partial charge in [0.25, 0.3) is 10.0 Å². The Bertz CT molecular complexity index is 1060. The molecule has 3 aromatic rings. The first-order valence-corrected chi connectivity index (χ1v) is 10.8. The van der Waals surface area contributed by atoms with Crippen molar-refractivity contribution < 1.29 is 8.42 Å². The van der Waals surface area contributed by atoms with Gasteiger partial charge in [-0.25, -0.2) is 13.4 Å². The summed E-state index contributed by atoms with van der Waals surface area (Å²) in [6, 6.07) is 5.92. The van der Waals surface area contributed by atoms with Gasteiger partial charge in [-0.2, -0.15) is 5.10 Å². The van der Waals surface area contributed by atoms with Crippen LogP contribution in [-0.4, -0.2) is 23.2 Å². The Balaban J connectivity index is 2.06. The smallest absolute Gasteiger partial charge is 0.267 e. The SMILES string of the molecule is Cc1cccc2sc(NS(=O)(=O)c3cn(C(C)C)nc3C(C)(C)C)nc12. The molecule has 3 rings (SSSR count). The lowest BCUT2D eigenvalue weighted by molar-refractivity contribution is 0.493. The van der Waals surface area contributed by atoms with Gasteiger partial charge < -0.3 is 0 Å². The molecule has 0 amide bonds. The minimum absolute atomic E-state index is 0.0742. The predicted molar refractivity (Wildman–Crippen MR) is 106 cm³/mol. The number of aromatic nitrogens is 3. The van der Waals surface area contributed by atoms with Crippen molar-refractivity contribution in [1.82, 2.24) is 14.8 Å². The predicted octanol–water partition coefficient (Wildman–Crippen LogP) is 4.48. The summed E-state index contributed by atoms with van der Waals surface area (Å²) in [5.74, 6) is 0. The van der Waals surface area contributed by atoms with E-state index in [9.17, 15) is 8.42 Å². The van der Waals surface area contributed by atoms with Crippen LogP contribution in [0.15, 0.2) is 29.3 Å². The molecule has 2 aromatic heterocycles. The van der Waals surface area contributed by atoms with Crippen molar-refractivity contribution in [3.8, 4) is 0 Å². The molecule has 0 bridgehead atoms. The van der Waals surface area contributed by atoms with Crippen LogP contribution in [0, 0.1) is 6.92 Å². The molecule has 0 aliphatic carbocycles. The van der Waals surface area contributed by atoms with E-state index in [1.54, 1.807) is 10.9 Å². The minimum atomic E-state index is -3.79. The number of nitrogens with zero attached hydrogens (tertiary/aromatic N) is 3. The summed E-state index contributed by atoms with van der Waals surface area (Å²) in [6.07, 6.45) is 1.60. The summed E-state index contributed by atoms with van der Waals surface area (Å²) in [4.78, 5) is 4.66. The molecule has 6 nitrogen and oxygen atoms in total. The highest BCUT2D eigenvalue weighted by Crippen LogP contribution is 2.32. The average molecular weight is 393 g/mol. The third-order valence-electron chi connectivity index (χ3n) is 4.07. The molecule has 2 heterocycles. The van der Waals surface area contributed by atoms with Crippen LogP contribution in [-0.2, 0) is 15.4 Å². The first-order chi connectivity index (χ1) is 12.0. The number of para-hydroxylation sites is 1. The number of aryl methyl sites for hydroxylation is 1. The number of fused-ring (bicyclic) bond motifs is 1. The van der Waals surface area contributed by atoms with E-state index in [0.717, 1.165) is 15.8 Å². The first kappa shape index (κ1) is 18.8. The van der Waals surface area contributed by atoms with Crippen molar-refractivity contribution in [1.29, 1.82) is 0 Å². The van der Waals surface area contributed by atoms with Crippen LogP contribution in [0.2, 0.25) is 0 Å². The van der Waals surface area contributed by atoms with Crippen LogP contribution in [0.1, 0.15) is 51.9 Å². The van der Waals surface area contributed by atoms with E-state index in [0.29, 0.717) is 10.8 Å². The molecule has 0 saturated carbocycles. The largest absolute Gasteiger partial charge is 0.269 e. The van der Waals surface area contributed by atoms with Crippen LogP contribution in [0.3, 0.4) is 0 Å². The second kappa shape index (κ2) is 6.35. The van der Waals surface area contributed by atoms with E-state index in [1.807, 2.05) is 59.7 Å². The summed E-state index contributed by atoms with van der Waals surface area (Å²) < 4.78 is 31.4. The quantitative estimate of drug-likeness (QED) is 0.710. The molecule has 0 radical (unpaired) electrons. The number of anilines is 1. The molecule has 0 spiro atoms. The molecular formula is C18H24N4O2S2. The number of rotatable bonds is 4. The van der Waals surface area contributed by atoms with Crippen molar-refractivity contribution in [2.75, 3.05) is 4.72 Å². The average Bonchev–Trinajstić information content (AvgIpc) is 3.10. The van der Waals surface area contributed by atoms with Crippen molar-refractivity contribution in [2.45, 2.75) is 57.9 Å². The van der Waals surface area contributed by atoms with Crippen molar-refractivity contribution in [3.05, 3.63) is 35.7 Å². The fraction of sp³-hybridized carbons (Fsp3) is 0.444. The Morgan fingerprint density at radius 2 is 1.92 bits per heavy atom. The molecule has 0 aliphatic heterocycles. The second-order valence-electron chi connectivity index (χ2n) is 7.71. The zero-order valence-electron chi connectivity index (χ0n) is 15.9. The van der Waals surface area contributed by atoms with E-state index in [2.05, 4.69) is 14.8 Å². The van der Waals surface area contributed by atoms with Crippen molar-refractivity contribution in [3.63, 3.8) is 0 Å². The van der Waals surface area contributed by atoms with Crippen LogP contribution >= 0.6 is 11.3 Å². The van der Waals surface area contributed by atoms with E-state index < -0.39 is 15.4 Å². The van der Waals surface area contributed by atoms with Crippen LogP contribution in [0.4, 0.5) is 5.13 Å². The fourth-order valence-electron chi connectivity index (χ4n) is 2.66. The Labute approximate surface area is 158 Å². The highest BCUT2D eigenvalue weighted by Gasteiger charge is 2.31. The molecular weight excluding hydrogens is 368 g/mol. The maximum Gasteiger partial charge on any atom is 0.267 e. The van der Waals surface area contributed by atoms with Crippen molar-refractivity contribution in [2.24, 2.45) is 0 Å². The zero-order chi connectivity index (χ0) is 19.3. The standard InChI is InChI=1S/C18H24N4O2S2/c1-11(2)22-10-14(16(20-22)18(4,5)6)26(23,24)21-17-19-15-12(3)8-7-9-13(15)25-17/h7-11H,1-6H3,(H,19,21). The van der Waals surface area contributed by atoms with E-state index >= 15 is 0 Å². The highest BCUT2D eigenvalue weighted by atomic mass is 32.2. The number of thiazole rings is 1. The molecule has 1 aromatic carbocycles. The number of sulfonamides is 1. The topological polar surface area (TPSA) is 76.9 Å². The zero-order valence-corrected chi connectivity index (χ0v) is 17.5. The normalized spacial score (nSPS) is 12.9. The molecule has 0 fully saturated rings. The monoisotopic (exact) mass is 392 g/mol. The number of hydrogen-bond donors (Lipinski definition) is 1. The van der Waals surface area contributed by atoms with Gasteiger partial charge in [0.05, 0.1) is 15.9 Å². The summed E-state index contributed by atoms with van der Waals surface area (Å²) in [6.45, 7) is 11.8. The molecule has 26 heavy (non-hydrogen) atoms. The Hall–Kier alpha value is -1.93. The van der Waals surface area contributed by atoms with Crippen molar-refractivity contribution >= 4 is 36.7 Å². The maximum absolute atomic E-state index is 13.1. The fourth-order valence-corrected chi connectivity index (χ4v) is 5.18. The molecule has 0 aliphatic rings. The molecule has 140 valence electrons. The highest BCUT2D eigenvalue weighted by molar-refractivity contribution is 7.93. The molecule has 0 unspecified atom stereocenters. The Morgan fingerprint density at radius 3 is 2.50 bits per heavy atom. The van der Waals surface area contributed by atoms with Gasteiger partial charge in [0.15, 0.2) is 5.13 Å². The Morgan fingerprint density at radius 1 is 1.23 bits per heavy atom. The van der Waals surface area contributed by atoms with Gasteiger partial charge in [-0.05, 0) is 32.4 Å². The van der Waals surface area contributed by atoms with Gasteiger partial charge in [-0.3, -0.25) is 9.40 Å². The van der Waals surface area contributed by atoms with Crippen LogP contribution < -0.4 is 4.72 Å². The number of nitrogens with one attached hydrogen (secondary N) is 1. The summed E-state index contributed by atoms with van der Waals surface area (Å²) >= 11 is 1.33. The summed E-state index contributed by atoms with van der Waals surface area (Å²) in [5.41, 5.74) is 2.00.